The van der Waals surface area contributed by atoms with Crippen LogP contribution in [-0.4, -0.2) is 18.3 Å². The molecular formula is C29H29F3Si2. The molecule has 0 aliphatic rings. The van der Waals surface area contributed by atoms with Crippen molar-refractivity contribution in [3.63, 3.8) is 0 Å². The van der Waals surface area contributed by atoms with Gasteiger partial charge in [-0.15, -0.1) is 0 Å². The third-order valence-electron chi connectivity index (χ3n) is 6.45. The molecule has 0 spiro atoms. The van der Waals surface area contributed by atoms with Crippen LogP contribution in [0.1, 0.15) is 24.0 Å². The Bertz CT molecular complexity index is 1090. The predicted molar refractivity (Wildman–Crippen MR) is 142 cm³/mol. The second kappa shape index (κ2) is 11.5. The molecule has 0 saturated carbocycles. The minimum atomic E-state index is -4.28. The second-order valence-electron chi connectivity index (χ2n) is 8.84. The highest BCUT2D eigenvalue weighted by Gasteiger charge is 2.30. The van der Waals surface area contributed by atoms with Crippen LogP contribution in [0.15, 0.2) is 115 Å². The maximum Gasteiger partial charge on any atom is 0.416 e. The van der Waals surface area contributed by atoms with Gasteiger partial charge in [0.15, 0.2) is 0 Å². The van der Waals surface area contributed by atoms with E-state index in [1.54, 1.807) is 12.1 Å². The molecule has 1 atom stereocenters. The fourth-order valence-corrected chi connectivity index (χ4v) is 13.1. The Morgan fingerprint density at radius 1 is 0.647 bits per heavy atom. The molecule has 0 radical (unpaired) electrons. The van der Waals surface area contributed by atoms with Crippen LogP contribution >= 0.6 is 0 Å². The molecule has 0 saturated heterocycles. The fraction of sp³-hybridized carbons (Fsp3) is 0.172. The first-order valence-electron chi connectivity index (χ1n) is 11.8. The molecular weight excluding hydrogens is 461 g/mol. The zero-order chi connectivity index (χ0) is 23.8. The number of hydrogen-bond donors (Lipinski definition) is 0. The summed E-state index contributed by atoms with van der Waals surface area (Å²) in [5.74, 6) is 0. The number of halogens is 3. The lowest BCUT2D eigenvalue weighted by Crippen LogP contribution is -2.49. The van der Waals surface area contributed by atoms with Gasteiger partial charge in [-0.25, -0.2) is 0 Å². The fourth-order valence-electron chi connectivity index (χ4n) is 4.79. The summed E-state index contributed by atoms with van der Waals surface area (Å²) in [5.41, 5.74) is 0.400. The number of rotatable bonds is 9. The van der Waals surface area contributed by atoms with Gasteiger partial charge in [0.1, 0.15) is 8.80 Å². The molecule has 0 fully saturated rings. The van der Waals surface area contributed by atoms with E-state index in [1.807, 2.05) is 0 Å². The molecule has 4 aromatic rings. The molecule has 1 unspecified atom stereocenters. The van der Waals surface area contributed by atoms with Gasteiger partial charge < -0.3 is 0 Å². The smallest absolute Gasteiger partial charge is 0.166 e. The Balaban J connectivity index is 1.56. The molecule has 5 heteroatoms. The molecule has 0 nitrogen and oxygen atoms in total. The van der Waals surface area contributed by atoms with E-state index in [-0.39, 0.29) is 0 Å². The Kier molecular flexibility index (Phi) is 8.19. The van der Waals surface area contributed by atoms with Crippen LogP contribution in [-0.2, 0) is 12.6 Å². The SMILES string of the molecule is FC(F)(F)c1ccc(CCCC([SiH2]c2ccccc2)[SiH](c2ccccc2)c2ccccc2)cc1. The van der Waals surface area contributed by atoms with Crippen molar-refractivity contribution in [1.82, 2.24) is 0 Å². The van der Waals surface area contributed by atoms with Crippen molar-refractivity contribution >= 4 is 33.9 Å². The van der Waals surface area contributed by atoms with Crippen molar-refractivity contribution in [2.75, 3.05) is 0 Å². The molecule has 0 N–H and O–H groups in total. The van der Waals surface area contributed by atoms with Crippen LogP contribution in [0.5, 0.6) is 0 Å². The van der Waals surface area contributed by atoms with Crippen molar-refractivity contribution in [3.05, 3.63) is 126 Å². The topological polar surface area (TPSA) is 0 Å². The summed E-state index contributed by atoms with van der Waals surface area (Å²) in [6.45, 7) is 0. The van der Waals surface area contributed by atoms with E-state index in [0.29, 0.717) is 5.16 Å². The Labute approximate surface area is 203 Å². The van der Waals surface area contributed by atoms with Gasteiger partial charge in [-0.2, -0.15) is 13.2 Å². The molecule has 0 heterocycles. The first kappa shape index (κ1) is 24.2. The maximum absolute atomic E-state index is 12.9. The predicted octanol–water partition coefficient (Wildman–Crippen LogP) is 4.89. The number of benzene rings is 4. The number of aryl methyl sites for hydroxylation is 1. The zero-order valence-electron chi connectivity index (χ0n) is 19.1. The van der Waals surface area contributed by atoms with Crippen LogP contribution in [0.3, 0.4) is 0 Å². The average Bonchev–Trinajstić information content (AvgIpc) is 2.86. The lowest BCUT2D eigenvalue weighted by atomic mass is 10.1. The summed E-state index contributed by atoms with van der Waals surface area (Å²) in [7, 11) is -2.02. The molecule has 0 aliphatic carbocycles. The zero-order valence-corrected chi connectivity index (χ0v) is 21.7. The van der Waals surface area contributed by atoms with Crippen LogP contribution in [0.25, 0.3) is 0 Å². The maximum atomic E-state index is 12.9. The van der Waals surface area contributed by atoms with E-state index < -0.39 is 30.1 Å². The molecule has 4 rings (SSSR count). The summed E-state index contributed by atoms with van der Waals surface area (Å²) in [6.07, 6.45) is -1.39. The first-order valence-corrected chi connectivity index (χ1v) is 15.1. The van der Waals surface area contributed by atoms with Crippen molar-refractivity contribution in [1.29, 1.82) is 0 Å². The highest BCUT2D eigenvalue weighted by atomic mass is 28.3. The standard InChI is InChI=1S/C29H29F3Si2/c30-29(31,32)24-21-19-23(20-22-24)11-10-18-28(33-25-12-4-1-5-13-25)34(26-14-6-2-7-15-26)27-16-8-3-9-17-27/h1-9,12-17,19-22,28,34H,10-11,18,33H2. The average molecular weight is 491 g/mol. The van der Waals surface area contributed by atoms with Gasteiger partial charge in [-0.1, -0.05) is 125 Å². The van der Waals surface area contributed by atoms with Crippen LogP contribution < -0.4 is 15.6 Å². The van der Waals surface area contributed by atoms with E-state index >= 15 is 0 Å². The normalized spacial score (nSPS) is 12.9. The number of hydrogen-bond acceptors (Lipinski definition) is 0. The Morgan fingerprint density at radius 3 is 1.65 bits per heavy atom. The van der Waals surface area contributed by atoms with Gasteiger partial charge in [0.05, 0.1) is 15.1 Å². The lowest BCUT2D eigenvalue weighted by molar-refractivity contribution is -0.137. The summed E-state index contributed by atoms with van der Waals surface area (Å²) in [6, 6.07) is 38.4. The summed E-state index contributed by atoms with van der Waals surface area (Å²) < 4.78 is 38.7. The van der Waals surface area contributed by atoms with E-state index in [9.17, 15) is 13.2 Å². The van der Waals surface area contributed by atoms with Crippen LogP contribution in [0, 0.1) is 0 Å². The van der Waals surface area contributed by atoms with Crippen molar-refractivity contribution in [2.45, 2.75) is 30.6 Å². The third-order valence-corrected chi connectivity index (χ3v) is 13.9. The van der Waals surface area contributed by atoms with Gasteiger partial charge in [-0.05, 0) is 35.7 Å². The van der Waals surface area contributed by atoms with E-state index in [0.717, 1.165) is 24.8 Å². The second-order valence-corrected chi connectivity index (χ2v) is 15.3. The highest BCUT2D eigenvalue weighted by molar-refractivity contribution is 6.93. The number of alkyl halides is 3. The first-order chi connectivity index (χ1) is 16.5. The third kappa shape index (κ3) is 6.58. The van der Waals surface area contributed by atoms with E-state index in [1.165, 1.54) is 27.7 Å². The molecule has 34 heavy (non-hydrogen) atoms. The van der Waals surface area contributed by atoms with Gasteiger partial charge in [0.2, 0.25) is 0 Å². The molecule has 0 amide bonds. The van der Waals surface area contributed by atoms with Crippen molar-refractivity contribution < 1.29 is 13.2 Å². The van der Waals surface area contributed by atoms with Crippen LogP contribution in [0.2, 0.25) is 5.16 Å². The van der Waals surface area contributed by atoms with Crippen molar-refractivity contribution in [3.8, 4) is 0 Å². The van der Waals surface area contributed by atoms with Gasteiger partial charge >= 0.3 is 6.18 Å². The molecule has 174 valence electrons. The van der Waals surface area contributed by atoms with Gasteiger partial charge in [-0.3, -0.25) is 0 Å². The summed E-state index contributed by atoms with van der Waals surface area (Å²) in [4.78, 5) is 0. The lowest BCUT2D eigenvalue weighted by Gasteiger charge is -2.27. The molecule has 4 aromatic carbocycles. The molecule has 0 bridgehead atoms. The Hall–Kier alpha value is -2.90. The van der Waals surface area contributed by atoms with Gasteiger partial charge in [0, 0.05) is 0 Å². The van der Waals surface area contributed by atoms with Crippen molar-refractivity contribution in [2.24, 2.45) is 0 Å². The van der Waals surface area contributed by atoms with Crippen LogP contribution in [0.4, 0.5) is 13.2 Å². The summed E-state index contributed by atoms with van der Waals surface area (Å²) >= 11 is 0. The summed E-state index contributed by atoms with van der Waals surface area (Å²) in [5, 5.41) is 5.06. The monoisotopic (exact) mass is 490 g/mol. The minimum Gasteiger partial charge on any atom is -0.166 e. The molecule has 0 aromatic heterocycles. The van der Waals surface area contributed by atoms with E-state index in [4.69, 9.17) is 0 Å². The quantitative estimate of drug-likeness (QED) is 0.293. The molecule has 0 aliphatic heterocycles. The van der Waals surface area contributed by atoms with E-state index in [2.05, 4.69) is 91.0 Å². The van der Waals surface area contributed by atoms with Gasteiger partial charge in [0.25, 0.3) is 0 Å². The Morgan fingerprint density at radius 2 is 1.15 bits per heavy atom. The largest absolute Gasteiger partial charge is 0.416 e. The highest BCUT2D eigenvalue weighted by Crippen LogP contribution is 2.29. The minimum absolute atomic E-state index is 0.545.